The summed E-state index contributed by atoms with van der Waals surface area (Å²) < 4.78 is 22.3. The molecule has 0 spiro atoms. The van der Waals surface area contributed by atoms with Crippen molar-refractivity contribution in [3.8, 4) is 23.0 Å². The first kappa shape index (κ1) is 26.9. The van der Waals surface area contributed by atoms with Crippen molar-refractivity contribution in [1.82, 2.24) is 10.2 Å². The van der Waals surface area contributed by atoms with Crippen LogP contribution in [-0.2, 0) is 30.5 Å². The molecule has 1 atom stereocenters. The third-order valence-corrected chi connectivity index (χ3v) is 7.98. The van der Waals surface area contributed by atoms with E-state index in [9.17, 15) is 4.79 Å². The number of amides is 1. The molecular weight excluding hydrogens is 492 g/mol. The highest BCUT2D eigenvalue weighted by Gasteiger charge is 2.30. The number of hydrogen-bond acceptors (Lipinski definition) is 6. The van der Waals surface area contributed by atoms with Gasteiger partial charge in [0.05, 0.1) is 35.0 Å². The van der Waals surface area contributed by atoms with Crippen molar-refractivity contribution in [2.75, 3.05) is 41.5 Å². The van der Waals surface area contributed by atoms with Crippen molar-refractivity contribution in [3.05, 3.63) is 82.4 Å². The lowest BCUT2D eigenvalue weighted by Crippen LogP contribution is -2.44. The second kappa shape index (κ2) is 12.0. The van der Waals surface area contributed by atoms with Gasteiger partial charge in [0.2, 0.25) is 5.91 Å². The molecule has 1 heterocycles. The largest absolute Gasteiger partial charge is 0.493 e. The number of carbonyl (C=O) groups excluding carboxylic acids is 1. The summed E-state index contributed by atoms with van der Waals surface area (Å²) in [6, 6.07) is 18.8. The van der Waals surface area contributed by atoms with E-state index in [4.69, 9.17) is 18.9 Å². The van der Waals surface area contributed by atoms with Crippen LogP contribution in [0, 0.1) is 0 Å². The van der Waals surface area contributed by atoms with Gasteiger partial charge in [0.1, 0.15) is 0 Å². The van der Waals surface area contributed by atoms with Crippen LogP contribution in [-0.4, -0.2) is 58.4 Å². The van der Waals surface area contributed by atoms with E-state index in [0.717, 1.165) is 43.5 Å². The van der Waals surface area contributed by atoms with E-state index in [2.05, 4.69) is 52.7 Å². The maximum atomic E-state index is 13.4. The van der Waals surface area contributed by atoms with Gasteiger partial charge in [-0.25, -0.2) is 0 Å². The Balaban J connectivity index is 1.42. The highest BCUT2D eigenvalue weighted by atomic mass is 16.5. The Labute approximate surface area is 231 Å². The fourth-order valence-corrected chi connectivity index (χ4v) is 6.07. The smallest absolute Gasteiger partial charge is 0.234 e. The van der Waals surface area contributed by atoms with Gasteiger partial charge in [-0.15, -0.1) is 0 Å². The number of nitrogens with one attached hydrogen (secondary N) is 1. The quantitative estimate of drug-likeness (QED) is 0.438. The number of rotatable bonds is 9. The summed E-state index contributed by atoms with van der Waals surface area (Å²) in [6.45, 7) is 1.15. The Kier molecular flexibility index (Phi) is 8.27. The molecule has 0 saturated carbocycles. The normalized spacial score (nSPS) is 17.1. The lowest BCUT2D eigenvalue weighted by atomic mass is 9.92. The summed E-state index contributed by atoms with van der Waals surface area (Å²) >= 11 is 0. The van der Waals surface area contributed by atoms with Gasteiger partial charge in [-0.2, -0.15) is 0 Å². The number of methoxy groups -OCH3 is 4. The van der Waals surface area contributed by atoms with Crippen molar-refractivity contribution in [2.24, 2.45) is 0 Å². The summed E-state index contributed by atoms with van der Waals surface area (Å²) in [5.74, 6) is 2.88. The Bertz CT molecular complexity index is 1300. The molecule has 5 rings (SSSR count). The molecule has 0 unspecified atom stereocenters. The molecule has 0 fully saturated rings. The first-order valence-corrected chi connectivity index (χ1v) is 13.6. The molecule has 2 aliphatic rings. The molecule has 3 aromatic rings. The molecule has 0 aromatic heterocycles. The number of ether oxygens (including phenoxy) is 4. The minimum Gasteiger partial charge on any atom is -0.493 e. The number of nitrogens with zero attached hydrogens (tertiary/aromatic N) is 1. The molecule has 7 nitrogen and oxygen atoms in total. The maximum Gasteiger partial charge on any atom is 0.234 e. The van der Waals surface area contributed by atoms with Crippen LogP contribution in [0.5, 0.6) is 23.0 Å². The van der Waals surface area contributed by atoms with Crippen LogP contribution in [0.4, 0.5) is 0 Å². The van der Waals surface area contributed by atoms with Crippen LogP contribution in [0.15, 0.2) is 54.6 Å². The van der Waals surface area contributed by atoms with Crippen LogP contribution in [0.1, 0.15) is 40.3 Å². The summed E-state index contributed by atoms with van der Waals surface area (Å²) in [5.41, 5.74) is 6.17. The molecule has 1 aliphatic heterocycles. The molecule has 1 amide bonds. The Morgan fingerprint density at radius 3 is 2.13 bits per heavy atom. The highest BCUT2D eigenvalue weighted by molar-refractivity contribution is 5.78. The predicted octanol–water partition coefficient (Wildman–Crippen LogP) is 4.54. The average molecular weight is 531 g/mol. The molecule has 0 bridgehead atoms. The molecule has 3 aromatic carbocycles. The third kappa shape index (κ3) is 5.83. The van der Waals surface area contributed by atoms with E-state index in [0.29, 0.717) is 30.2 Å². The zero-order chi connectivity index (χ0) is 27.4. The lowest BCUT2D eigenvalue weighted by molar-refractivity contribution is -0.123. The summed E-state index contributed by atoms with van der Waals surface area (Å²) in [6.07, 6.45) is 4.35. The summed E-state index contributed by atoms with van der Waals surface area (Å²) in [4.78, 5) is 15.7. The Morgan fingerprint density at radius 2 is 1.46 bits per heavy atom. The molecule has 1 aliphatic carbocycles. The highest BCUT2D eigenvalue weighted by Crippen LogP contribution is 2.40. The summed E-state index contributed by atoms with van der Waals surface area (Å²) in [5, 5.41) is 3.31. The van der Waals surface area contributed by atoms with E-state index in [1.54, 1.807) is 28.4 Å². The van der Waals surface area contributed by atoms with Crippen LogP contribution < -0.4 is 24.3 Å². The van der Waals surface area contributed by atoms with Crippen LogP contribution >= 0.6 is 0 Å². The van der Waals surface area contributed by atoms with Crippen molar-refractivity contribution >= 4 is 5.91 Å². The number of fused-ring (bicyclic) bond motifs is 2. The van der Waals surface area contributed by atoms with Crippen molar-refractivity contribution in [2.45, 2.75) is 44.2 Å². The van der Waals surface area contributed by atoms with Crippen LogP contribution in [0.2, 0.25) is 0 Å². The number of hydrogen-bond donors (Lipinski definition) is 1. The van der Waals surface area contributed by atoms with Crippen LogP contribution in [0.25, 0.3) is 0 Å². The van der Waals surface area contributed by atoms with E-state index < -0.39 is 0 Å². The van der Waals surface area contributed by atoms with Gasteiger partial charge in [-0.3, -0.25) is 9.69 Å². The molecule has 0 radical (unpaired) electrons. The van der Waals surface area contributed by atoms with Crippen molar-refractivity contribution < 1.29 is 23.7 Å². The number of aryl methyl sites for hydroxylation is 1. The lowest BCUT2D eigenvalue weighted by Gasteiger charge is -2.31. The van der Waals surface area contributed by atoms with Gasteiger partial charge in [0, 0.05) is 12.1 Å². The molecular formula is C32H38N2O5. The number of benzene rings is 3. The standard InChI is InChI=1S/C32H38N2O5/c1-36-28-12-11-21(15-29(28)37-2)14-27-26-19-31(39-4)30(38-3)18-24(26)10-7-13-34(27)20-32(35)33-25-16-22-8-5-6-9-23(22)17-25/h5-6,8-9,11-12,15,18-19,25,27H,7,10,13-14,16-17,20H2,1-4H3,(H,33,35)/t27-/m0/s1. The first-order valence-electron chi connectivity index (χ1n) is 13.6. The fourth-order valence-electron chi connectivity index (χ4n) is 6.07. The van der Waals surface area contributed by atoms with Gasteiger partial charge >= 0.3 is 0 Å². The zero-order valence-electron chi connectivity index (χ0n) is 23.3. The van der Waals surface area contributed by atoms with E-state index in [1.165, 1.54) is 22.3 Å². The Hall–Kier alpha value is -3.71. The first-order chi connectivity index (χ1) is 19.0. The molecule has 0 saturated heterocycles. The third-order valence-electron chi connectivity index (χ3n) is 7.98. The van der Waals surface area contributed by atoms with E-state index in [-0.39, 0.29) is 18.0 Å². The molecule has 7 heteroatoms. The van der Waals surface area contributed by atoms with E-state index in [1.807, 2.05) is 12.1 Å². The minimum absolute atomic E-state index is 0.0214. The zero-order valence-corrected chi connectivity index (χ0v) is 23.3. The number of carbonyl (C=O) groups is 1. The van der Waals surface area contributed by atoms with E-state index >= 15 is 0 Å². The minimum atomic E-state index is -0.0214. The maximum absolute atomic E-state index is 13.4. The van der Waals surface area contributed by atoms with Gasteiger partial charge in [0.15, 0.2) is 23.0 Å². The van der Waals surface area contributed by atoms with Gasteiger partial charge in [-0.05, 0) is 90.7 Å². The summed E-state index contributed by atoms with van der Waals surface area (Å²) in [7, 11) is 6.62. The molecule has 39 heavy (non-hydrogen) atoms. The van der Waals surface area contributed by atoms with Crippen LogP contribution in [0.3, 0.4) is 0 Å². The topological polar surface area (TPSA) is 69.3 Å². The van der Waals surface area contributed by atoms with Gasteiger partial charge in [-0.1, -0.05) is 30.3 Å². The molecule has 206 valence electrons. The second-order valence-electron chi connectivity index (χ2n) is 10.3. The fraction of sp³-hybridized carbons (Fsp3) is 0.406. The monoisotopic (exact) mass is 530 g/mol. The van der Waals surface area contributed by atoms with Crippen molar-refractivity contribution in [3.63, 3.8) is 0 Å². The SMILES string of the molecule is COc1ccc(C[C@H]2c3cc(OC)c(OC)cc3CCCN2CC(=O)NC2Cc3ccccc3C2)cc1OC. The van der Waals surface area contributed by atoms with Gasteiger partial charge in [0.25, 0.3) is 0 Å². The average Bonchev–Trinajstić information content (AvgIpc) is 3.29. The molecule has 1 N–H and O–H groups in total. The van der Waals surface area contributed by atoms with Gasteiger partial charge < -0.3 is 24.3 Å². The Morgan fingerprint density at radius 1 is 0.821 bits per heavy atom. The second-order valence-corrected chi connectivity index (χ2v) is 10.3. The van der Waals surface area contributed by atoms with Crippen molar-refractivity contribution in [1.29, 1.82) is 0 Å². The predicted molar refractivity (Wildman–Crippen MR) is 151 cm³/mol.